The summed E-state index contributed by atoms with van der Waals surface area (Å²) in [6.07, 6.45) is -13.5. The number of aryl methyl sites for hydroxylation is 1. The maximum absolute atomic E-state index is 13.7. The highest BCUT2D eigenvalue weighted by atomic mass is 32.2. The van der Waals surface area contributed by atoms with Gasteiger partial charge in [-0.3, -0.25) is 19.2 Å². The van der Waals surface area contributed by atoms with Gasteiger partial charge in [-0.25, -0.2) is 17.6 Å². The van der Waals surface area contributed by atoms with E-state index in [0.717, 1.165) is 24.3 Å². The fourth-order valence-corrected chi connectivity index (χ4v) is 6.56. The number of carbonyl (C=O) groups excluding carboxylic acids is 3. The Labute approximate surface area is 239 Å². The van der Waals surface area contributed by atoms with Crippen molar-refractivity contribution in [3.05, 3.63) is 59.4 Å². The first kappa shape index (κ1) is 32.0. The number of fused-ring (bicyclic) bond motifs is 1. The third-order valence-electron chi connectivity index (χ3n) is 7.18. The van der Waals surface area contributed by atoms with E-state index in [4.69, 9.17) is 0 Å². The molecule has 0 aromatic heterocycles. The number of anilines is 1. The molecule has 43 heavy (non-hydrogen) atoms. The van der Waals surface area contributed by atoms with Gasteiger partial charge in [-0.15, -0.1) is 0 Å². The predicted molar refractivity (Wildman–Crippen MR) is 133 cm³/mol. The number of nitrogens with one attached hydrogen (secondary N) is 3. The van der Waals surface area contributed by atoms with E-state index in [1.165, 1.54) is 6.92 Å². The molecule has 0 bridgehead atoms. The van der Waals surface area contributed by atoms with Gasteiger partial charge in [0, 0.05) is 18.5 Å². The van der Waals surface area contributed by atoms with Crippen molar-refractivity contribution in [1.29, 1.82) is 0 Å². The molecule has 4 N–H and O–H groups in total. The normalized spacial score (nSPS) is 21.2. The Morgan fingerprint density at radius 1 is 1.07 bits per heavy atom. The standard InChI is InChI=1S/C25H23F7N4O6S/c1-22(20(38)34-21(39)35-22)12-33-19(37)11-16-6-2-13-10-14(23(40,24(27,28)29)25(30,31)32)3-9-18(13)36(16)43(41,42)17-7-4-15(26)5-8-17/h3-5,7-10,16,40H,2,6,11-12H2,1H3,(H,33,37)(H2,34,35,38,39). The molecule has 2 aromatic carbocycles. The summed E-state index contributed by atoms with van der Waals surface area (Å²) < 4.78 is 123. The Kier molecular flexibility index (Phi) is 7.93. The SMILES string of the molecule is CC1(CNC(=O)CC2CCc3cc(C(O)(C(F)(F)F)C(F)(F)F)ccc3N2S(=O)(=O)c2ccc(F)cc2)NC(=O)NC1=O. The van der Waals surface area contributed by atoms with Crippen LogP contribution in [0.15, 0.2) is 47.4 Å². The molecular formula is C25H23F7N4O6S. The van der Waals surface area contributed by atoms with E-state index in [0.29, 0.717) is 16.4 Å². The van der Waals surface area contributed by atoms with Crippen molar-refractivity contribution in [2.24, 2.45) is 0 Å². The number of carbonyl (C=O) groups is 3. The molecule has 1 saturated heterocycles. The van der Waals surface area contributed by atoms with E-state index in [2.05, 4.69) is 10.6 Å². The summed E-state index contributed by atoms with van der Waals surface area (Å²) in [5.41, 5.74) is -9.03. The molecule has 2 unspecified atom stereocenters. The highest BCUT2D eigenvalue weighted by Crippen LogP contribution is 2.51. The van der Waals surface area contributed by atoms with Crippen LogP contribution in [0, 0.1) is 5.82 Å². The molecule has 2 atom stereocenters. The van der Waals surface area contributed by atoms with Crippen molar-refractivity contribution in [1.82, 2.24) is 16.0 Å². The predicted octanol–water partition coefficient (Wildman–Crippen LogP) is 2.75. The van der Waals surface area contributed by atoms with E-state index in [1.54, 1.807) is 0 Å². The zero-order valence-corrected chi connectivity index (χ0v) is 22.8. The molecule has 2 heterocycles. The van der Waals surface area contributed by atoms with E-state index in [9.17, 15) is 58.6 Å². The number of rotatable bonds is 7. The number of benzene rings is 2. The van der Waals surface area contributed by atoms with Crippen LogP contribution in [0.2, 0.25) is 0 Å². The number of aliphatic hydroxyl groups is 1. The third-order valence-corrected chi connectivity index (χ3v) is 9.06. The molecule has 0 aliphatic carbocycles. The lowest BCUT2D eigenvalue weighted by atomic mass is 9.87. The quantitative estimate of drug-likeness (QED) is 0.271. The van der Waals surface area contributed by atoms with Gasteiger partial charge >= 0.3 is 18.4 Å². The van der Waals surface area contributed by atoms with Gasteiger partial charge in [-0.1, -0.05) is 12.1 Å². The molecule has 1 fully saturated rings. The molecule has 234 valence electrons. The van der Waals surface area contributed by atoms with Crippen molar-refractivity contribution in [3.63, 3.8) is 0 Å². The highest BCUT2D eigenvalue weighted by Gasteiger charge is 2.71. The molecule has 4 amide bonds. The van der Waals surface area contributed by atoms with Crippen LogP contribution in [0.1, 0.15) is 30.9 Å². The zero-order valence-electron chi connectivity index (χ0n) is 21.9. The lowest BCUT2D eigenvalue weighted by molar-refractivity contribution is -0.376. The monoisotopic (exact) mass is 640 g/mol. The molecule has 4 rings (SSSR count). The summed E-state index contributed by atoms with van der Waals surface area (Å²) in [7, 11) is -4.69. The summed E-state index contributed by atoms with van der Waals surface area (Å²) in [5.74, 6) is -2.34. The molecule has 10 nitrogen and oxygen atoms in total. The van der Waals surface area contributed by atoms with Crippen molar-refractivity contribution >= 4 is 33.6 Å². The fraction of sp³-hybridized carbons (Fsp3) is 0.400. The average Bonchev–Trinajstić information content (AvgIpc) is 3.16. The lowest BCUT2D eigenvalue weighted by Gasteiger charge is -2.39. The minimum atomic E-state index is -6.18. The molecular weight excluding hydrogens is 617 g/mol. The second-order valence-electron chi connectivity index (χ2n) is 10.2. The first-order chi connectivity index (χ1) is 19.7. The second-order valence-corrected chi connectivity index (χ2v) is 12.0. The Balaban J connectivity index is 1.72. The maximum atomic E-state index is 13.7. The van der Waals surface area contributed by atoms with Crippen molar-refractivity contribution in [2.75, 3.05) is 10.8 Å². The van der Waals surface area contributed by atoms with Crippen LogP contribution in [0.5, 0.6) is 0 Å². The van der Waals surface area contributed by atoms with E-state index < -0.39 is 86.6 Å². The molecule has 18 heteroatoms. The minimum absolute atomic E-state index is 0.269. The van der Waals surface area contributed by atoms with Gasteiger partial charge in [0.05, 0.1) is 16.6 Å². The summed E-state index contributed by atoms with van der Waals surface area (Å²) in [6.45, 7) is 0.921. The lowest BCUT2D eigenvalue weighted by Crippen LogP contribution is -2.54. The Bertz CT molecular complexity index is 1550. The third kappa shape index (κ3) is 5.72. The van der Waals surface area contributed by atoms with Crippen LogP contribution in [0.25, 0.3) is 0 Å². The van der Waals surface area contributed by atoms with E-state index in [1.807, 2.05) is 5.32 Å². The van der Waals surface area contributed by atoms with Gasteiger partial charge in [0.1, 0.15) is 11.4 Å². The number of amides is 4. The molecule has 2 aliphatic heterocycles. The van der Waals surface area contributed by atoms with Gasteiger partial charge < -0.3 is 15.7 Å². The maximum Gasteiger partial charge on any atom is 0.430 e. The Morgan fingerprint density at radius 2 is 1.67 bits per heavy atom. The molecule has 0 saturated carbocycles. The van der Waals surface area contributed by atoms with Gasteiger partial charge in [-0.05, 0) is 55.7 Å². The van der Waals surface area contributed by atoms with Crippen LogP contribution in [0.3, 0.4) is 0 Å². The topological polar surface area (TPSA) is 145 Å². The van der Waals surface area contributed by atoms with Crippen molar-refractivity contribution in [3.8, 4) is 0 Å². The van der Waals surface area contributed by atoms with Crippen LogP contribution in [-0.2, 0) is 31.6 Å². The smallest absolute Gasteiger partial charge is 0.369 e. The number of urea groups is 1. The van der Waals surface area contributed by atoms with Crippen molar-refractivity contribution in [2.45, 2.75) is 60.6 Å². The number of hydrogen-bond donors (Lipinski definition) is 4. The molecule has 0 spiro atoms. The summed E-state index contributed by atoms with van der Waals surface area (Å²) in [5, 5.41) is 16.5. The minimum Gasteiger partial charge on any atom is -0.369 e. The fourth-order valence-electron chi connectivity index (χ4n) is 4.85. The second kappa shape index (κ2) is 10.7. The Hall–Kier alpha value is -3.93. The van der Waals surface area contributed by atoms with Gasteiger partial charge in [0.2, 0.25) is 5.91 Å². The Morgan fingerprint density at radius 3 is 2.21 bits per heavy atom. The molecule has 2 aliphatic rings. The number of nitrogens with zero attached hydrogens (tertiary/aromatic N) is 1. The first-order valence-electron chi connectivity index (χ1n) is 12.4. The van der Waals surface area contributed by atoms with E-state index >= 15 is 0 Å². The zero-order chi connectivity index (χ0) is 32.2. The van der Waals surface area contributed by atoms with Gasteiger partial charge in [-0.2, -0.15) is 26.3 Å². The largest absolute Gasteiger partial charge is 0.430 e. The van der Waals surface area contributed by atoms with E-state index in [-0.39, 0.29) is 30.2 Å². The summed E-state index contributed by atoms with van der Waals surface area (Å²) >= 11 is 0. The number of alkyl halides is 6. The van der Waals surface area contributed by atoms with Gasteiger partial charge in [0.15, 0.2) is 0 Å². The highest BCUT2D eigenvalue weighted by molar-refractivity contribution is 7.92. The first-order valence-corrected chi connectivity index (χ1v) is 13.8. The molecule has 2 aromatic rings. The van der Waals surface area contributed by atoms with Crippen LogP contribution < -0.4 is 20.3 Å². The molecule has 0 radical (unpaired) electrons. The van der Waals surface area contributed by atoms with Crippen LogP contribution >= 0.6 is 0 Å². The van der Waals surface area contributed by atoms with Crippen LogP contribution in [0.4, 0.5) is 41.2 Å². The number of hydrogen-bond acceptors (Lipinski definition) is 6. The van der Waals surface area contributed by atoms with Gasteiger partial charge in [0.25, 0.3) is 21.5 Å². The number of sulfonamides is 1. The average molecular weight is 641 g/mol. The summed E-state index contributed by atoms with van der Waals surface area (Å²) in [4.78, 5) is 35.8. The number of imide groups is 1. The number of halogens is 7. The van der Waals surface area contributed by atoms with Crippen molar-refractivity contribution < 1.29 is 58.6 Å². The van der Waals surface area contributed by atoms with Crippen LogP contribution in [-0.4, -0.2) is 61.8 Å². The summed E-state index contributed by atoms with van der Waals surface area (Å²) in [6, 6.07) is 2.73.